The summed E-state index contributed by atoms with van der Waals surface area (Å²) in [5.41, 5.74) is 3.15. The Labute approximate surface area is 150 Å². The Bertz CT molecular complexity index is 874. The van der Waals surface area contributed by atoms with Crippen LogP contribution in [-0.2, 0) is 17.8 Å². The molecule has 1 heterocycles. The van der Waals surface area contributed by atoms with E-state index in [9.17, 15) is 9.90 Å². The highest BCUT2D eigenvalue weighted by Crippen LogP contribution is 2.24. The van der Waals surface area contributed by atoms with Gasteiger partial charge in [0.1, 0.15) is 11.8 Å². The van der Waals surface area contributed by atoms with Gasteiger partial charge in [0.15, 0.2) is 0 Å². The first kappa shape index (κ1) is 17.3. The lowest BCUT2D eigenvalue weighted by molar-refractivity contribution is -0.138. The number of rotatable bonds is 7. The first-order valence-electron chi connectivity index (χ1n) is 7.91. The molecule has 1 atom stereocenters. The smallest absolute Gasteiger partial charge is 0.322 e. The number of hydrogen-bond donors (Lipinski definition) is 2. The zero-order valence-electron chi connectivity index (χ0n) is 13.8. The van der Waals surface area contributed by atoms with Gasteiger partial charge in [-0.3, -0.25) is 4.79 Å². The molecule has 0 radical (unpaired) electrons. The van der Waals surface area contributed by atoms with Crippen LogP contribution in [-0.4, -0.2) is 28.8 Å². The van der Waals surface area contributed by atoms with Crippen molar-refractivity contribution in [3.8, 4) is 5.75 Å². The number of benzene rings is 2. The Balaban J connectivity index is 1.93. The summed E-state index contributed by atoms with van der Waals surface area (Å²) in [6.07, 6.45) is 2.31. The molecule has 3 rings (SSSR count). The van der Waals surface area contributed by atoms with E-state index in [4.69, 9.17) is 16.5 Å². The van der Waals surface area contributed by atoms with E-state index in [1.807, 2.05) is 54.7 Å². The standard InChI is InChI=1S/C19H19ClN2O3/c1-25-15-8-6-13(7-9-15)11-22-12-14(10-17(21-20)19(23)24)16-4-2-3-5-18(16)22/h2-9,12,17,21H,10-11H2,1H3,(H,23,24)/t17-/m0/s1. The average molecular weight is 359 g/mol. The molecule has 0 aliphatic heterocycles. The van der Waals surface area contributed by atoms with Gasteiger partial charge in [-0.1, -0.05) is 30.3 Å². The molecule has 0 unspecified atom stereocenters. The van der Waals surface area contributed by atoms with Gasteiger partial charge >= 0.3 is 5.97 Å². The number of carboxylic acids is 1. The molecule has 2 aromatic carbocycles. The van der Waals surface area contributed by atoms with Crippen LogP contribution < -0.4 is 9.57 Å². The third-order valence-corrected chi connectivity index (χ3v) is 4.50. The molecule has 130 valence electrons. The molecule has 1 aromatic heterocycles. The topological polar surface area (TPSA) is 63.5 Å². The van der Waals surface area contributed by atoms with Gasteiger partial charge in [0.05, 0.1) is 7.11 Å². The molecule has 0 bridgehead atoms. The summed E-state index contributed by atoms with van der Waals surface area (Å²) in [5, 5.41) is 10.3. The number of aromatic nitrogens is 1. The number of methoxy groups -OCH3 is 1. The van der Waals surface area contributed by atoms with Crippen LogP contribution in [0.5, 0.6) is 5.75 Å². The van der Waals surface area contributed by atoms with Crippen molar-refractivity contribution in [2.24, 2.45) is 0 Å². The summed E-state index contributed by atoms with van der Waals surface area (Å²) in [5.74, 6) is -0.152. The van der Waals surface area contributed by atoms with Crippen LogP contribution in [0, 0.1) is 0 Å². The van der Waals surface area contributed by atoms with Crippen LogP contribution in [0.1, 0.15) is 11.1 Å². The van der Waals surface area contributed by atoms with Crippen molar-refractivity contribution >= 4 is 28.6 Å². The predicted molar refractivity (Wildman–Crippen MR) is 98.2 cm³/mol. The summed E-state index contributed by atoms with van der Waals surface area (Å²) >= 11 is 5.58. The van der Waals surface area contributed by atoms with Gasteiger partial charge in [0.25, 0.3) is 0 Å². The zero-order valence-corrected chi connectivity index (χ0v) is 14.5. The number of para-hydroxylation sites is 1. The second-order valence-corrected chi connectivity index (χ2v) is 6.07. The van der Waals surface area contributed by atoms with Gasteiger partial charge in [-0.2, -0.15) is 0 Å². The molecular weight excluding hydrogens is 340 g/mol. The fraction of sp³-hybridized carbons (Fsp3) is 0.211. The fourth-order valence-electron chi connectivity index (χ4n) is 2.94. The summed E-state index contributed by atoms with van der Waals surface area (Å²) < 4.78 is 7.32. The molecule has 0 saturated carbocycles. The number of ether oxygens (including phenoxy) is 1. The Morgan fingerprint density at radius 3 is 2.60 bits per heavy atom. The van der Waals surface area contributed by atoms with Crippen molar-refractivity contribution < 1.29 is 14.6 Å². The van der Waals surface area contributed by atoms with Crippen LogP contribution in [0.2, 0.25) is 0 Å². The minimum atomic E-state index is -0.970. The summed E-state index contributed by atoms with van der Waals surface area (Å²) in [7, 11) is 1.64. The molecule has 3 aromatic rings. The highest BCUT2D eigenvalue weighted by Gasteiger charge is 2.19. The Morgan fingerprint density at radius 2 is 1.96 bits per heavy atom. The van der Waals surface area contributed by atoms with Crippen molar-refractivity contribution in [2.75, 3.05) is 7.11 Å². The van der Waals surface area contributed by atoms with Gasteiger partial charge in [-0.05, 0) is 41.1 Å². The molecule has 0 fully saturated rings. The van der Waals surface area contributed by atoms with E-state index >= 15 is 0 Å². The second kappa shape index (κ2) is 7.59. The van der Waals surface area contributed by atoms with Crippen LogP contribution >= 0.6 is 11.8 Å². The maximum Gasteiger partial charge on any atom is 0.322 e. The molecule has 0 spiro atoms. The zero-order chi connectivity index (χ0) is 17.8. The number of carbonyl (C=O) groups is 1. The van der Waals surface area contributed by atoms with E-state index in [1.165, 1.54) is 0 Å². The van der Waals surface area contributed by atoms with Gasteiger partial charge in [-0.25, -0.2) is 4.84 Å². The van der Waals surface area contributed by atoms with Crippen molar-refractivity contribution in [2.45, 2.75) is 19.0 Å². The van der Waals surface area contributed by atoms with Gasteiger partial charge in [0.2, 0.25) is 0 Å². The number of aliphatic carboxylic acids is 1. The Kier molecular flexibility index (Phi) is 5.26. The van der Waals surface area contributed by atoms with Crippen LogP contribution in [0.4, 0.5) is 0 Å². The second-order valence-electron chi connectivity index (χ2n) is 5.85. The van der Waals surface area contributed by atoms with E-state index in [0.29, 0.717) is 13.0 Å². The summed E-state index contributed by atoms with van der Waals surface area (Å²) in [6, 6.07) is 15.0. The molecule has 0 saturated heterocycles. The quantitative estimate of drug-likeness (QED) is 0.635. The van der Waals surface area contributed by atoms with E-state index in [-0.39, 0.29) is 0 Å². The molecule has 0 aliphatic carbocycles. The van der Waals surface area contributed by atoms with Gasteiger partial charge in [-0.15, -0.1) is 0 Å². The number of fused-ring (bicyclic) bond motifs is 1. The minimum Gasteiger partial charge on any atom is -0.497 e. The van der Waals surface area contributed by atoms with E-state index in [2.05, 4.69) is 9.40 Å². The summed E-state index contributed by atoms with van der Waals surface area (Å²) in [4.78, 5) is 13.6. The fourth-order valence-corrected chi connectivity index (χ4v) is 3.11. The normalized spacial score (nSPS) is 12.2. The van der Waals surface area contributed by atoms with Gasteiger partial charge in [0, 0.05) is 30.1 Å². The number of nitrogens with one attached hydrogen (secondary N) is 1. The van der Waals surface area contributed by atoms with Crippen LogP contribution in [0.3, 0.4) is 0 Å². The van der Waals surface area contributed by atoms with E-state index in [0.717, 1.165) is 27.8 Å². The maximum absolute atomic E-state index is 11.3. The minimum absolute atomic E-state index is 0.314. The molecule has 6 heteroatoms. The Morgan fingerprint density at radius 1 is 1.24 bits per heavy atom. The van der Waals surface area contributed by atoms with Crippen molar-refractivity contribution in [3.63, 3.8) is 0 Å². The molecule has 0 amide bonds. The van der Waals surface area contributed by atoms with Gasteiger partial charge < -0.3 is 14.4 Å². The highest BCUT2D eigenvalue weighted by molar-refractivity contribution is 6.14. The molecule has 5 nitrogen and oxygen atoms in total. The largest absolute Gasteiger partial charge is 0.497 e. The number of carboxylic acid groups (broad SMARTS) is 1. The molecular formula is C19H19ClN2O3. The predicted octanol–water partition coefficient (Wildman–Crippen LogP) is 3.44. The third kappa shape index (κ3) is 3.78. The molecule has 2 N–H and O–H groups in total. The van der Waals surface area contributed by atoms with E-state index < -0.39 is 12.0 Å². The highest BCUT2D eigenvalue weighted by atomic mass is 35.5. The monoisotopic (exact) mass is 358 g/mol. The van der Waals surface area contributed by atoms with E-state index in [1.54, 1.807) is 7.11 Å². The molecule has 25 heavy (non-hydrogen) atoms. The van der Waals surface area contributed by atoms with Crippen LogP contribution in [0.25, 0.3) is 10.9 Å². The lowest BCUT2D eigenvalue weighted by atomic mass is 10.1. The Hall–Kier alpha value is -2.50. The average Bonchev–Trinajstić information content (AvgIpc) is 2.98. The lowest BCUT2D eigenvalue weighted by Crippen LogP contribution is -2.32. The number of halogens is 1. The molecule has 0 aliphatic rings. The first-order valence-corrected chi connectivity index (χ1v) is 8.29. The summed E-state index contributed by atoms with van der Waals surface area (Å²) in [6.45, 7) is 0.691. The maximum atomic E-state index is 11.3. The first-order chi connectivity index (χ1) is 12.1. The third-order valence-electron chi connectivity index (χ3n) is 4.24. The van der Waals surface area contributed by atoms with Crippen molar-refractivity contribution in [1.29, 1.82) is 0 Å². The van der Waals surface area contributed by atoms with Crippen LogP contribution in [0.15, 0.2) is 54.7 Å². The number of hydrogen-bond acceptors (Lipinski definition) is 3. The van der Waals surface area contributed by atoms with Crippen molar-refractivity contribution in [3.05, 3.63) is 65.9 Å². The SMILES string of the molecule is COc1ccc(Cn2cc(C[C@H](NCl)C(=O)O)c3ccccc32)cc1. The lowest BCUT2D eigenvalue weighted by Gasteiger charge is -2.08. The van der Waals surface area contributed by atoms with Crippen molar-refractivity contribution in [1.82, 2.24) is 9.40 Å². The number of nitrogens with zero attached hydrogens (tertiary/aromatic N) is 1.